The van der Waals surface area contributed by atoms with E-state index in [2.05, 4.69) is 60.2 Å². The Morgan fingerprint density at radius 1 is 1.19 bits per heavy atom. The lowest BCUT2D eigenvalue weighted by Gasteiger charge is -2.18. The number of nitrogens with zero attached hydrogens (tertiary/aromatic N) is 1. The van der Waals surface area contributed by atoms with Crippen molar-refractivity contribution in [3.8, 4) is 0 Å². The molecule has 0 saturated heterocycles. The molecule has 0 fully saturated rings. The minimum Gasteiger partial charge on any atom is -0.398 e. The van der Waals surface area contributed by atoms with Crippen molar-refractivity contribution in [3.05, 3.63) is 89.1 Å². The number of nitrogens with two attached hydrogens (primary N) is 2. The van der Waals surface area contributed by atoms with Crippen LogP contribution in [0.5, 0.6) is 0 Å². The van der Waals surface area contributed by atoms with Gasteiger partial charge in [0.15, 0.2) is 0 Å². The number of likely N-dealkylation sites (N-methyl/N-ethyl adjacent to an activating group) is 2. The topological polar surface area (TPSA) is 136 Å². The van der Waals surface area contributed by atoms with Crippen LogP contribution in [0.3, 0.4) is 0 Å². The number of allylic oxidation sites excluding steroid dienone is 8. The van der Waals surface area contributed by atoms with Gasteiger partial charge < -0.3 is 32.9 Å². The third-order valence-corrected chi connectivity index (χ3v) is 5.78. The highest BCUT2D eigenvalue weighted by Gasteiger charge is 2.18. The number of amidine groups is 1. The van der Waals surface area contributed by atoms with Crippen LogP contribution in [0.25, 0.3) is 0 Å². The van der Waals surface area contributed by atoms with E-state index in [0.29, 0.717) is 30.3 Å². The third kappa shape index (κ3) is 10.4. The van der Waals surface area contributed by atoms with Crippen molar-refractivity contribution < 1.29 is 0 Å². The average molecular weight is 490 g/mol. The van der Waals surface area contributed by atoms with Gasteiger partial charge in [0, 0.05) is 29.4 Å². The van der Waals surface area contributed by atoms with Crippen molar-refractivity contribution in [1.82, 2.24) is 10.6 Å². The summed E-state index contributed by atoms with van der Waals surface area (Å²) >= 11 is 0. The van der Waals surface area contributed by atoms with Crippen molar-refractivity contribution in [2.24, 2.45) is 16.6 Å². The molecule has 0 heterocycles. The van der Waals surface area contributed by atoms with Crippen molar-refractivity contribution in [2.45, 2.75) is 32.7 Å². The first-order chi connectivity index (χ1) is 17.4. The molecule has 0 amide bonds. The molecule has 36 heavy (non-hydrogen) atoms. The van der Waals surface area contributed by atoms with Gasteiger partial charge in [0.2, 0.25) is 0 Å². The second-order valence-electron chi connectivity index (χ2n) is 8.66. The Kier molecular flexibility index (Phi) is 14.4. The summed E-state index contributed by atoms with van der Waals surface area (Å²) in [6.07, 6.45) is 15.7. The Morgan fingerprint density at radius 2 is 1.94 bits per heavy atom. The summed E-state index contributed by atoms with van der Waals surface area (Å²) in [6.45, 7) is 10.6. The van der Waals surface area contributed by atoms with Crippen molar-refractivity contribution in [1.29, 1.82) is 10.8 Å². The fourth-order valence-electron chi connectivity index (χ4n) is 3.77. The van der Waals surface area contributed by atoms with Crippen LogP contribution in [-0.2, 0) is 6.54 Å². The molecule has 7 heteroatoms. The van der Waals surface area contributed by atoms with Gasteiger partial charge in [-0.15, -0.1) is 0 Å². The predicted octanol–water partition coefficient (Wildman–Crippen LogP) is 4.54. The molecule has 7 nitrogen and oxygen atoms in total. The molecule has 0 saturated carbocycles. The third-order valence-electron chi connectivity index (χ3n) is 5.78. The highest BCUT2D eigenvalue weighted by atomic mass is 14.9. The number of hydrogen-bond acceptors (Lipinski definition) is 6. The summed E-state index contributed by atoms with van der Waals surface area (Å²) in [5.74, 6) is 0.570. The van der Waals surface area contributed by atoms with E-state index >= 15 is 0 Å². The van der Waals surface area contributed by atoms with Crippen LogP contribution in [0.1, 0.15) is 37.3 Å². The second kappa shape index (κ2) is 17.0. The van der Waals surface area contributed by atoms with E-state index in [4.69, 9.17) is 22.3 Å². The summed E-state index contributed by atoms with van der Waals surface area (Å²) in [5, 5.41) is 20.2. The Labute approximate surface area is 216 Å². The number of nitrogen functional groups attached to an aromatic ring is 1. The normalized spacial score (nSPS) is 16.8. The molecule has 0 spiro atoms. The molecule has 8 N–H and O–H groups in total. The quantitative estimate of drug-likeness (QED) is 0.172. The van der Waals surface area contributed by atoms with E-state index in [1.165, 1.54) is 24.0 Å². The van der Waals surface area contributed by atoms with Crippen LogP contribution in [0.4, 0.5) is 5.69 Å². The first kappa shape index (κ1) is 30.5. The van der Waals surface area contributed by atoms with E-state index in [1.807, 2.05) is 38.4 Å². The van der Waals surface area contributed by atoms with Crippen molar-refractivity contribution in [3.63, 3.8) is 0 Å². The van der Waals surface area contributed by atoms with E-state index in [9.17, 15) is 0 Å². The van der Waals surface area contributed by atoms with Gasteiger partial charge in [0.05, 0.1) is 13.1 Å². The van der Waals surface area contributed by atoms with E-state index < -0.39 is 0 Å². The van der Waals surface area contributed by atoms with Crippen molar-refractivity contribution in [2.75, 3.05) is 32.9 Å². The van der Waals surface area contributed by atoms with Gasteiger partial charge in [-0.3, -0.25) is 4.99 Å². The predicted molar refractivity (Wildman–Crippen MR) is 157 cm³/mol. The molecule has 3 rings (SSSR count). The van der Waals surface area contributed by atoms with E-state index in [-0.39, 0.29) is 5.92 Å². The SMILES string of the molecule is C=CC1=CC(C(=N)c2cc(CN=C(N)CNC)ccc2N)CC=C1.C=N.CNCC1=CC=C(C)CC1. The first-order valence-corrected chi connectivity index (χ1v) is 12.1. The van der Waals surface area contributed by atoms with E-state index in [1.54, 1.807) is 6.08 Å². The molecule has 0 aliphatic heterocycles. The monoisotopic (exact) mass is 489 g/mol. The van der Waals surface area contributed by atoms with Crippen LogP contribution in [0.15, 0.2) is 82.9 Å². The van der Waals surface area contributed by atoms with E-state index in [0.717, 1.165) is 29.7 Å². The van der Waals surface area contributed by atoms with Crippen LogP contribution < -0.4 is 22.1 Å². The zero-order chi connectivity index (χ0) is 26.9. The lowest BCUT2D eigenvalue weighted by Crippen LogP contribution is -2.26. The molecular formula is C29H43N7. The number of aliphatic imine (C=N–C) groups is 1. The molecule has 2 aliphatic carbocycles. The molecule has 0 radical (unpaired) electrons. The summed E-state index contributed by atoms with van der Waals surface area (Å²) in [4.78, 5) is 4.34. The molecule has 2 aliphatic rings. The smallest absolute Gasteiger partial charge is 0.108 e. The Morgan fingerprint density at radius 3 is 2.56 bits per heavy atom. The lowest BCUT2D eigenvalue weighted by atomic mass is 9.87. The molecule has 0 bridgehead atoms. The molecule has 1 aromatic rings. The first-order valence-electron chi connectivity index (χ1n) is 12.1. The Hall–Kier alpha value is -3.55. The average Bonchev–Trinajstić information content (AvgIpc) is 2.91. The minimum absolute atomic E-state index is 0.0124. The number of hydrogen-bond donors (Lipinski definition) is 6. The molecular weight excluding hydrogens is 446 g/mol. The van der Waals surface area contributed by atoms with Gasteiger partial charge in [-0.2, -0.15) is 0 Å². The molecule has 1 unspecified atom stereocenters. The van der Waals surface area contributed by atoms with Gasteiger partial charge >= 0.3 is 0 Å². The Balaban J connectivity index is 0.000000450. The highest BCUT2D eigenvalue weighted by molar-refractivity contribution is 6.05. The van der Waals surface area contributed by atoms with Crippen LogP contribution in [0, 0.1) is 16.7 Å². The van der Waals surface area contributed by atoms with Crippen LogP contribution in [-0.4, -0.2) is 45.4 Å². The number of rotatable bonds is 9. The molecule has 0 aromatic heterocycles. The zero-order valence-electron chi connectivity index (χ0n) is 22.0. The van der Waals surface area contributed by atoms with Crippen molar-refractivity contribution >= 4 is 24.0 Å². The van der Waals surface area contributed by atoms with Crippen LogP contribution >= 0.6 is 0 Å². The fourth-order valence-corrected chi connectivity index (χ4v) is 3.77. The van der Waals surface area contributed by atoms with Crippen LogP contribution in [0.2, 0.25) is 0 Å². The second-order valence-corrected chi connectivity index (χ2v) is 8.66. The molecule has 194 valence electrons. The molecule has 1 atom stereocenters. The standard InChI is InChI=1S/C19H25N5.C9H15N.CH3N/c1-3-13-5-4-6-15(9-13)19(22)16-10-14(7-8-17(16)20)11-24-18(21)12-23-2;1-8-3-5-9(6-4-8)7-10-2;1-2/h3-5,7-10,15,22-23H,1,6,11-12,20H2,2H3,(H2,21,24);3,5,10H,4,6-7H2,1-2H3;2H,1H2. The summed E-state index contributed by atoms with van der Waals surface area (Å²) in [7, 11) is 3.82. The van der Waals surface area contributed by atoms with Gasteiger partial charge in [0.1, 0.15) is 5.84 Å². The lowest BCUT2D eigenvalue weighted by molar-refractivity contribution is 0.799. The number of nitrogens with one attached hydrogen (secondary N) is 4. The number of anilines is 1. The minimum atomic E-state index is 0.0124. The fraction of sp³-hybridized carbons (Fsp3) is 0.345. The number of benzene rings is 1. The highest BCUT2D eigenvalue weighted by Crippen LogP contribution is 2.25. The maximum absolute atomic E-state index is 8.55. The molecule has 1 aromatic carbocycles. The van der Waals surface area contributed by atoms with Gasteiger partial charge in [-0.1, -0.05) is 60.2 Å². The van der Waals surface area contributed by atoms with Gasteiger partial charge in [0.25, 0.3) is 0 Å². The van der Waals surface area contributed by atoms with Gasteiger partial charge in [-0.05, 0) is 70.3 Å². The zero-order valence-corrected chi connectivity index (χ0v) is 22.0. The Bertz CT molecular complexity index is 1020. The maximum Gasteiger partial charge on any atom is 0.108 e. The maximum atomic E-state index is 8.55. The summed E-state index contributed by atoms with van der Waals surface area (Å²) in [5.41, 5.74) is 18.8. The summed E-state index contributed by atoms with van der Waals surface area (Å²) < 4.78 is 0. The summed E-state index contributed by atoms with van der Waals surface area (Å²) in [6, 6.07) is 5.70. The largest absolute Gasteiger partial charge is 0.398 e. The van der Waals surface area contributed by atoms with Gasteiger partial charge in [-0.25, -0.2) is 0 Å².